The Morgan fingerprint density at radius 1 is 0.969 bits per heavy atom. The monoisotopic (exact) mass is 490 g/mol. The standard InChI is InChI=1S/C24H27ClN2O3S2/c1-18(2)27(32(29,30)23-13-10-21(25)11-14-23)17-24(28)26(15-20-7-5-4-6-8-20)16-22-12-9-19(3)31-22/h4-14,18H,15-17H2,1-3H3. The van der Waals surface area contributed by atoms with Crippen LogP contribution < -0.4 is 0 Å². The second-order valence-electron chi connectivity index (χ2n) is 7.85. The summed E-state index contributed by atoms with van der Waals surface area (Å²) in [6.45, 7) is 6.16. The highest BCUT2D eigenvalue weighted by molar-refractivity contribution is 7.89. The second-order valence-corrected chi connectivity index (χ2v) is 11.5. The first-order valence-corrected chi connectivity index (χ1v) is 12.9. The van der Waals surface area contributed by atoms with Crippen LogP contribution in [0.3, 0.4) is 0 Å². The largest absolute Gasteiger partial charge is 0.332 e. The molecule has 8 heteroatoms. The molecule has 0 fully saturated rings. The Morgan fingerprint density at radius 3 is 2.19 bits per heavy atom. The van der Waals surface area contributed by atoms with Gasteiger partial charge < -0.3 is 4.90 Å². The minimum atomic E-state index is -3.86. The highest BCUT2D eigenvalue weighted by Crippen LogP contribution is 2.22. The number of amides is 1. The maximum absolute atomic E-state index is 13.4. The molecule has 2 aromatic carbocycles. The Morgan fingerprint density at radius 2 is 1.62 bits per heavy atom. The van der Waals surface area contributed by atoms with E-state index in [4.69, 9.17) is 11.6 Å². The summed E-state index contributed by atoms with van der Waals surface area (Å²) in [5, 5.41) is 0.455. The van der Waals surface area contributed by atoms with Crippen molar-refractivity contribution in [3.8, 4) is 0 Å². The van der Waals surface area contributed by atoms with Gasteiger partial charge in [-0.15, -0.1) is 11.3 Å². The first-order valence-electron chi connectivity index (χ1n) is 10.3. The van der Waals surface area contributed by atoms with E-state index in [-0.39, 0.29) is 23.4 Å². The van der Waals surface area contributed by atoms with Gasteiger partial charge in [-0.1, -0.05) is 41.9 Å². The molecule has 32 heavy (non-hydrogen) atoms. The molecule has 1 aromatic heterocycles. The number of hydrogen-bond donors (Lipinski definition) is 0. The SMILES string of the molecule is Cc1ccc(CN(Cc2ccccc2)C(=O)CN(C(C)C)S(=O)(=O)c2ccc(Cl)cc2)s1. The first-order chi connectivity index (χ1) is 15.2. The Balaban J connectivity index is 1.86. The van der Waals surface area contributed by atoms with Crippen LogP contribution in [0.1, 0.15) is 29.2 Å². The number of rotatable bonds is 9. The molecule has 0 N–H and O–H groups in total. The van der Waals surface area contributed by atoms with E-state index in [1.165, 1.54) is 33.4 Å². The van der Waals surface area contributed by atoms with Crippen LogP contribution >= 0.6 is 22.9 Å². The van der Waals surface area contributed by atoms with Crippen LogP contribution in [0.5, 0.6) is 0 Å². The molecule has 0 saturated heterocycles. The average molecular weight is 491 g/mol. The average Bonchev–Trinajstić information content (AvgIpc) is 3.16. The molecule has 1 heterocycles. The Hall–Kier alpha value is -2.19. The lowest BCUT2D eigenvalue weighted by molar-refractivity contribution is -0.132. The molecule has 3 rings (SSSR count). The van der Waals surface area contributed by atoms with Gasteiger partial charge in [0.2, 0.25) is 15.9 Å². The summed E-state index contributed by atoms with van der Waals surface area (Å²) in [5.41, 5.74) is 0.991. The normalized spacial score (nSPS) is 11.8. The minimum absolute atomic E-state index is 0.117. The van der Waals surface area contributed by atoms with Crippen molar-refractivity contribution >= 4 is 38.9 Å². The third-order valence-electron chi connectivity index (χ3n) is 5.00. The zero-order valence-electron chi connectivity index (χ0n) is 18.4. The van der Waals surface area contributed by atoms with Gasteiger partial charge in [-0.2, -0.15) is 4.31 Å². The summed E-state index contributed by atoms with van der Waals surface area (Å²) >= 11 is 7.55. The van der Waals surface area contributed by atoms with Crippen molar-refractivity contribution in [1.82, 2.24) is 9.21 Å². The molecular weight excluding hydrogens is 464 g/mol. The number of sulfonamides is 1. The third-order valence-corrected chi connectivity index (χ3v) is 8.27. The summed E-state index contributed by atoms with van der Waals surface area (Å²) in [6, 6.07) is 19.4. The Bertz CT molecular complexity index is 1140. The van der Waals surface area contributed by atoms with Crippen LogP contribution in [0.25, 0.3) is 0 Å². The molecular formula is C24H27ClN2O3S2. The van der Waals surface area contributed by atoms with Crippen molar-refractivity contribution in [2.45, 2.75) is 44.8 Å². The number of benzene rings is 2. The number of aryl methyl sites for hydroxylation is 1. The smallest absolute Gasteiger partial charge is 0.243 e. The van der Waals surface area contributed by atoms with Gasteiger partial charge in [0, 0.05) is 27.4 Å². The van der Waals surface area contributed by atoms with Gasteiger partial charge >= 0.3 is 0 Å². The van der Waals surface area contributed by atoms with Gasteiger partial charge in [0.15, 0.2) is 0 Å². The van der Waals surface area contributed by atoms with Gasteiger partial charge in [-0.3, -0.25) is 4.79 Å². The molecule has 5 nitrogen and oxygen atoms in total. The molecule has 0 spiro atoms. The lowest BCUT2D eigenvalue weighted by Crippen LogP contribution is -2.45. The van der Waals surface area contributed by atoms with Crippen molar-refractivity contribution in [2.75, 3.05) is 6.54 Å². The third kappa shape index (κ3) is 6.19. The zero-order chi connectivity index (χ0) is 23.3. The van der Waals surface area contributed by atoms with Crippen molar-refractivity contribution in [3.05, 3.63) is 87.1 Å². The van der Waals surface area contributed by atoms with Gasteiger partial charge in [-0.25, -0.2) is 8.42 Å². The van der Waals surface area contributed by atoms with Crippen molar-refractivity contribution < 1.29 is 13.2 Å². The van der Waals surface area contributed by atoms with Crippen LogP contribution in [0, 0.1) is 6.92 Å². The number of halogens is 1. The quantitative estimate of drug-likeness (QED) is 0.407. The summed E-state index contributed by atoms with van der Waals surface area (Å²) in [4.78, 5) is 17.5. The fraction of sp³-hybridized carbons (Fsp3) is 0.292. The molecule has 0 unspecified atom stereocenters. The zero-order valence-corrected chi connectivity index (χ0v) is 20.8. The predicted octanol–water partition coefficient (Wildman–Crippen LogP) is 5.34. The highest BCUT2D eigenvalue weighted by Gasteiger charge is 2.31. The van der Waals surface area contributed by atoms with Crippen LogP contribution in [0.15, 0.2) is 71.6 Å². The van der Waals surface area contributed by atoms with Crippen LogP contribution in [0.4, 0.5) is 0 Å². The van der Waals surface area contributed by atoms with E-state index < -0.39 is 10.0 Å². The number of carbonyl (C=O) groups excluding carboxylic acids is 1. The van der Waals surface area contributed by atoms with Crippen molar-refractivity contribution in [2.24, 2.45) is 0 Å². The lowest BCUT2D eigenvalue weighted by Gasteiger charge is -2.29. The predicted molar refractivity (Wildman–Crippen MR) is 130 cm³/mol. The molecule has 1 amide bonds. The molecule has 0 aliphatic carbocycles. The number of nitrogens with zero attached hydrogens (tertiary/aromatic N) is 2. The molecule has 0 aliphatic heterocycles. The fourth-order valence-corrected chi connectivity index (χ4v) is 5.93. The van der Waals surface area contributed by atoms with Crippen molar-refractivity contribution in [3.63, 3.8) is 0 Å². The van der Waals surface area contributed by atoms with E-state index in [0.717, 1.165) is 10.4 Å². The topological polar surface area (TPSA) is 57.7 Å². The molecule has 0 saturated carbocycles. The van der Waals surface area contributed by atoms with E-state index in [1.807, 2.05) is 49.4 Å². The van der Waals surface area contributed by atoms with Gasteiger partial charge in [0.1, 0.15) is 0 Å². The van der Waals surface area contributed by atoms with E-state index in [2.05, 4.69) is 0 Å². The van der Waals surface area contributed by atoms with Crippen molar-refractivity contribution in [1.29, 1.82) is 0 Å². The Kier molecular flexibility index (Phi) is 8.11. The number of carbonyl (C=O) groups is 1. The maximum atomic E-state index is 13.4. The van der Waals surface area contributed by atoms with Crippen LogP contribution in [0.2, 0.25) is 5.02 Å². The minimum Gasteiger partial charge on any atom is -0.332 e. The molecule has 0 radical (unpaired) electrons. The van der Waals surface area contributed by atoms with Crippen LogP contribution in [-0.2, 0) is 27.9 Å². The number of thiophene rings is 1. The number of hydrogen-bond acceptors (Lipinski definition) is 4. The summed E-state index contributed by atoms with van der Waals surface area (Å²) < 4.78 is 27.8. The van der Waals surface area contributed by atoms with E-state index in [9.17, 15) is 13.2 Å². The molecule has 170 valence electrons. The summed E-state index contributed by atoms with van der Waals surface area (Å²) in [5.74, 6) is -0.244. The Labute approximate surface area is 199 Å². The van der Waals surface area contributed by atoms with Gasteiger partial charge in [0.25, 0.3) is 0 Å². The highest BCUT2D eigenvalue weighted by atomic mass is 35.5. The fourth-order valence-electron chi connectivity index (χ4n) is 3.31. The van der Waals surface area contributed by atoms with Gasteiger partial charge in [-0.05, 0) is 62.7 Å². The van der Waals surface area contributed by atoms with E-state index in [0.29, 0.717) is 18.1 Å². The van der Waals surface area contributed by atoms with E-state index in [1.54, 1.807) is 30.1 Å². The van der Waals surface area contributed by atoms with Crippen LogP contribution in [-0.4, -0.2) is 36.1 Å². The molecule has 0 bridgehead atoms. The maximum Gasteiger partial charge on any atom is 0.243 e. The second kappa shape index (κ2) is 10.6. The molecule has 0 atom stereocenters. The van der Waals surface area contributed by atoms with Gasteiger partial charge in [0.05, 0.1) is 18.0 Å². The van der Waals surface area contributed by atoms with E-state index >= 15 is 0 Å². The molecule has 3 aromatic rings. The summed E-state index contributed by atoms with van der Waals surface area (Å²) in [7, 11) is -3.86. The summed E-state index contributed by atoms with van der Waals surface area (Å²) in [6.07, 6.45) is 0. The first kappa shape index (κ1) is 24.5. The lowest BCUT2D eigenvalue weighted by atomic mass is 10.2. The molecule has 0 aliphatic rings.